The van der Waals surface area contributed by atoms with Crippen LogP contribution in [-0.2, 0) is 0 Å². The number of carboxylic acids is 1. The second kappa shape index (κ2) is 7.40. The molecule has 0 radical (unpaired) electrons. The molecule has 4 aromatic rings. The van der Waals surface area contributed by atoms with E-state index in [1.165, 1.54) is 35.6 Å². The van der Waals surface area contributed by atoms with Crippen LogP contribution >= 0.6 is 11.3 Å². The number of hydrogen-bond donors (Lipinski definition) is 2. The SMILES string of the molecule is O=C(Nc1cc(-c2ccc(F)cc2F)ccc1C(=O)O)c1nc2ccccc2s1. The molecule has 1 amide bonds. The van der Waals surface area contributed by atoms with Crippen LogP contribution in [0, 0.1) is 11.6 Å². The topological polar surface area (TPSA) is 79.3 Å². The lowest BCUT2D eigenvalue weighted by molar-refractivity contribution is 0.0698. The molecule has 4 rings (SSSR count). The standard InChI is InChI=1S/C21H12F2N2O3S/c22-12-6-8-13(15(23)10-12)11-5-7-14(21(27)28)17(9-11)24-19(26)20-25-16-3-1-2-4-18(16)29-20/h1-10H,(H,24,26)(H,27,28). The van der Waals surface area contributed by atoms with Gasteiger partial charge in [0.25, 0.3) is 5.91 Å². The third-order valence-corrected chi connectivity index (χ3v) is 5.26. The number of nitrogens with zero attached hydrogens (tertiary/aromatic N) is 1. The first kappa shape index (κ1) is 18.7. The number of rotatable bonds is 4. The van der Waals surface area contributed by atoms with Gasteiger partial charge < -0.3 is 10.4 Å². The van der Waals surface area contributed by atoms with Gasteiger partial charge in [0.15, 0.2) is 5.01 Å². The molecule has 0 saturated heterocycles. The number of carboxylic acid groups (broad SMARTS) is 1. The van der Waals surface area contributed by atoms with Crippen LogP contribution in [0.25, 0.3) is 21.3 Å². The third-order valence-electron chi connectivity index (χ3n) is 4.23. The molecule has 144 valence electrons. The molecular weight excluding hydrogens is 398 g/mol. The van der Waals surface area contributed by atoms with Gasteiger partial charge >= 0.3 is 5.97 Å². The molecule has 1 heterocycles. The summed E-state index contributed by atoms with van der Waals surface area (Å²) in [5.74, 6) is -3.35. The summed E-state index contributed by atoms with van der Waals surface area (Å²) in [7, 11) is 0. The highest BCUT2D eigenvalue weighted by molar-refractivity contribution is 7.20. The molecule has 5 nitrogen and oxygen atoms in total. The Kier molecular flexibility index (Phi) is 4.77. The third kappa shape index (κ3) is 3.70. The van der Waals surface area contributed by atoms with Crippen LogP contribution in [0.4, 0.5) is 14.5 Å². The fraction of sp³-hybridized carbons (Fsp3) is 0. The molecule has 0 fully saturated rings. The van der Waals surface area contributed by atoms with Crippen LogP contribution in [0.3, 0.4) is 0 Å². The minimum atomic E-state index is -1.25. The molecule has 0 bridgehead atoms. The Morgan fingerprint density at radius 1 is 1.00 bits per heavy atom. The predicted molar refractivity (Wildman–Crippen MR) is 106 cm³/mol. The van der Waals surface area contributed by atoms with Gasteiger partial charge in [-0.25, -0.2) is 18.6 Å². The molecule has 0 aliphatic heterocycles. The number of halogens is 2. The van der Waals surface area contributed by atoms with Gasteiger partial charge in [-0.1, -0.05) is 18.2 Å². The van der Waals surface area contributed by atoms with E-state index in [-0.39, 0.29) is 21.8 Å². The summed E-state index contributed by atoms with van der Waals surface area (Å²) >= 11 is 1.17. The minimum absolute atomic E-state index is 0.0111. The average Bonchev–Trinajstić information content (AvgIpc) is 3.12. The summed E-state index contributed by atoms with van der Waals surface area (Å²) in [4.78, 5) is 28.4. The molecular formula is C21H12F2N2O3S. The molecule has 29 heavy (non-hydrogen) atoms. The summed E-state index contributed by atoms with van der Waals surface area (Å²) in [5, 5.41) is 12.1. The fourth-order valence-corrected chi connectivity index (χ4v) is 3.73. The van der Waals surface area contributed by atoms with Gasteiger partial charge in [0, 0.05) is 11.6 Å². The Morgan fingerprint density at radius 3 is 2.52 bits per heavy atom. The van der Waals surface area contributed by atoms with Crippen molar-refractivity contribution in [3.63, 3.8) is 0 Å². The molecule has 0 aliphatic carbocycles. The Labute approximate surface area is 167 Å². The molecule has 0 unspecified atom stereocenters. The average molecular weight is 410 g/mol. The number of thiazole rings is 1. The van der Waals surface area contributed by atoms with Crippen molar-refractivity contribution in [1.29, 1.82) is 0 Å². The van der Waals surface area contributed by atoms with Gasteiger partial charge in [0.1, 0.15) is 11.6 Å². The Bertz CT molecular complexity index is 1240. The Morgan fingerprint density at radius 2 is 1.79 bits per heavy atom. The van der Waals surface area contributed by atoms with Gasteiger partial charge in [-0.15, -0.1) is 11.3 Å². The van der Waals surface area contributed by atoms with Gasteiger partial charge in [-0.3, -0.25) is 4.79 Å². The number of aromatic carboxylic acids is 1. The monoisotopic (exact) mass is 410 g/mol. The predicted octanol–water partition coefficient (Wildman–Crippen LogP) is 5.19. The van der Waals surface area contributed by atoms with Crippen LogP contribution in [0.1, 0.15) is 20.2 Å². The smallest absolute Gasteiger partial charge is 0.337 e. The van der Waals surface area contributed by atoms with Crippen molar-refractivity contribution < 1.29 is 23.5 Å². The number of anilines is 1. The maximum atomic E-state index is 14.1. The van der Waals surface area contributed by atoms with E-state index in [0.717, 1.165) is 16.8 Å². The molecule has 2 N–H and O–H groups in total. The molecule has 1 aromatic heterocycles. The van der Waals surface area contributed by atoms with Crippen LogP contribution in [0.5, 0.6) is 0 Å². The van der Waals surface area contributed by atoms with Crippen LogP contribution in [0.15, 0.2) is 60.7 Å². The molecule has 0 atom stereocenters. The summed E-state index contributed by atoms with van der Waals surface area (Å²) in [6, 6.07) is 14.3. The summed E-state index contributed by atoms with van der Waals surface area (Å²) in [5.41, 5.74) is 0.864. The van der Waals surface area contributed by atoms with E-state index in [9.17, 15) is 23.5 Å². The van der Waals surface area contributed by atoms with Crippen LogP contribution < -0.4 is 5.32 Å². The van der Waals surface area contributed by atoms with Gasteiger partial charge in [-0.05, 0) is 42.0 Å². The summed E-state index contributed by atoms with van der Waals surface area (Å²) < 4.78 is 28.1. The lowest BCUT2D eigenvalue weighted by Crippen LogP contribution is -2.14. The highest BCUT2D eigenvalue weighted by Gasteiger charge is 2.18. The van der Waals surface area contributed by atoms with E-state index in [4.69, 9.17) is 0 Å². The Balaban J connectivity index is 1.72. The minimum Gasteiger partial charge on any atom is -0.478 e. The van der Waals surface area contributed by atoms with E-state index in [0.29, 0.717) is 11.1 Å². The van der Waals surface area contributed by atoms with Crippen molar-refractivity contribution in [3.05, 3.63) is 82.9 Å². The largest absolute Gasteiger partial charge is 0.478 e. The summed E-state index contributed by atoms with van der Waals surface area (Å²) in [6.45, 7) is 0. The second-order valence-corrected chi connectivity index (χ2v) is 7.16. The number of carbonyl (C=O) groups excluding carboxylic acids is 1. The van der Waals surface area contributed by atoms with E-state index in [1.807, 2.05) is 12.1 Å². The number of aromatic nitrogens is 1. The molecule has 8 heteroatoms. The zero-order valence-electron chi connectivity index (χ0n) is 14.6. The normalized spacial score (nSPS) is 10.8. The zero-order valence-corrected chi connectivity index (χ0v) is 15.5. The zero-order chi connectivity index (χ0) is 20.5. The maximum absolute atomic E-state index is 14.1. The number of fused-ring (bicyclic) bond motifs is 1. The first-order chi connectivity index (χ1) is 13.9. The fourth-order valence-electron chi connectivity index (χ4n) is 2.87. The highest BCUT2D eigenvalue weighted by atomic mass is 32.1. The van der Waals surface area contributed by atoms with Gasteiger partial charge in [0.2, 0.25) is 0 Å². The van der Waals surface area contributed by atoms with E-state index >= 15 is 0 Å². The van der Waals surface area contributed by atoms with Gasteiger partial charge in [-0.2, -0.15) is 0 Å². The molecule has 0 spiro atoms. The number of amides is 1. The lowest BCUT2D eigenvalue weighted by Gasteiger charge is -2.11. The number of carbonyl (C=O) groups is 2. The Hall–Kier alpha value is -3.65. The number of hydrogen-bond acceptors (Lipinski definition) is 4. The van der Waals surface area contributed by atoms with E-state index in [1.54, 1.807) is 12.1 Å². The van der Waals surface area contributed by atoms with Crippen molar-refractivity contribution in [2.45, 2.75) is 0 Å². The van der Waals surface area contributed by atoms with Crippen molar-refractivity contribution in [3.8, 4) is 11.1 Å². The highest BCUT2D eigenvalue weighted by Crippen LogP contribution is 2.29. The van der Waals surface area contributed by atoms with Gasteiger partial charge in [0.05, 0.1) is 21.5 Å². The lowest BCUT2D eigenvalue weighted by atomic mass is 10.0. The van der Waals surface area contributed by atoms with Crippen LogP contribution in [0.2, 0.25) is 0 Å². The summed E-state index contributed by atoms with van der Waals surface area (Å²) in [6.07, 6.45) is 0. The number of nitrogens with one attached hydrogen (secondary N) is 1. The van der Waals surface area contributed by atoms with Crippen molar-refractivity contribution in [2.24, 2.45) is 0 Å². The quantitative estimate of drug-likeness (QED) is 0.485. The number of benzene rings is 3. The molecule has 3 aromatic carbocycles. The second-order valence-electron chi connectivity index (χ2n) is 6.13. The first-order valence-corrected chi connectivity index (χ1v) is 9.24. The van der Waals surface area contributed by atoms with E-state index < -0.39 is 23.5 Å². The maximum Gasteiger partial charge on any atom is 0.337 e. The van der Waals surface area contributed by atoms with Crippen LogP contribution in [-0.4, -0.2) is 22.0 Å². The number of para-hydroxylation sites is 1. The van der Waals surface area contributed by atoms with Crippen molar-refractivity contribution in [2.75, 3.05) is 5.32 Å². The molecule has 0 aliphatic rings. The molecule has 0 saturated carbocycles. The first-order valence-electron chi connectivity index (χ1n) is 8.42. The van der Waals surface area contributed by atoms with E-state index in [2.05, 4.69) is 10.3 Å². The van der Waals surface area contributed by atoms with Crippen molar-refractivity contribution in [1.82, 2.24) is 4.98 Å². The van der Waals surface area contributed by atoms with Crippen molar-refractivity contribution >= 4 is 39.1 Å².